The SMILES string of the molecule is CC1(C)CC([N+](C)(C)C(=O)O)CC(C)(C)N1[O]. The second kappa shape index (κ2) is 3.93. The smallest absolute Gasteiger partial charge is 0.435 e. The Morgan fingerprint density at radius 2 is 1.53 bits per heavy atom. The molecule has 1 heterocycles. The minimum absolute atomic E-state index is 0.0392. The molecule has 1 amide bonds. The van der Waals surface area contributed by atoms with Gasteiger partial charge in [-0.15, -0.1) is 10.3 Å². The number of amides is 1. The largest absolute Gasteiger partial charge is 0.513 e. The van der Waals surface area contributed by atoms with E-state index in [1.165, 1.54) is 0 Å². The summed E-state index contributed by atoms with van der Waals surface area (Å²) in [5, 5.41) is 22.6. The first-order valence-corrected chi connectivity index (χ1v) is 5.96. The number of hydrogen-bond acceptors (Lipinski definition) is 2. The first kappa shape index (κ1) is 14.4. The molecular formula is C12H24N2O3+. The zero-order valence-corrected chi connectivity index (χ0v) is 11.6. The third-order valence-electron chi connectivity index (χ3n) is 3.98. The van der Waals surface area contributed by atoms with Gasteiger partial charge in [0, 0.05) is 23.9 Å². The van der Waals surface area contributed by atoms with Gasteiger partial charge in [0.2, 0.25) is 0 Å². The molecule has 1 saturated heterocycles. The van der Waals surface area contributed by atoms with E-state index in [4.69, 9.17) is 0 Å². The summed E-state index contributed by atoms with van der Waals surface area (Å²) in [6, 6.07) is -0.0392. The molecule has 1 N–H and O–H groups in total. The molecule has 0 atom stereocenters. The first-order valence-electron chi connectivity index (χ1n) is 5.96. The van der Waals surface area contributed by atoms with Crippen molar-refractivity contribution in [1.82, 2.24) is 5.06 Å². The second-order valence-electron chi connectivity index (χ2n) is 6.80. The van der Waals surface area contributed by atoms with Crippen LogP contribution in [0, 0.1) is 0 Å². The third kappa shape index (κ3) is 2.46. The maximum absolute atomic E-state index is 12.2. The molecule has 99 valence electrons. The summed E-state index contributed by atoms with van der Waals surface area (Å²) >= 11 is 0. The average Bonchev–Trinajstić information content (AvgIpc) is 2.12. The number of carboxylic acid groups (broad SMARTS) is 1. The van der Waals surface area contributed by atoms with E-state index in [2.05, 4.69) is 0 Å². The lowest BCUT2D eigenvalue weighted by Crippen LogP contribution is -2.66. The van der Waals surface area contributed by atoms with E-state index >= 15 is 0 Å². The molecule has 0 aromatic rings. The number of nitrogens with zero attached hydrogens (tertiary/aromatic N) is 2. The predicted octanol–water partition coefficient (Wildman–Crippen LogP) is 2.11. The van der Waals surface area contributed by atoms with Crippen molar-refractivity contribution >= 4 is 6.09 Å². The third-order valence-corrected chi connectivity index (χ3v) is 3.98. The fraction of sp³-hybridized carbons (Fsp3) is 0.917. The number of carbonyl (C=O) groups is 1. The van der Waals surface area contributed by atoms with E-state index in [0.29, 0.717) is 12.8 Å². The Balaban J connectivity index is 3.04. The fourth-order valence-corrected chi connectivity index (χ4v) is 2.82. The summed E-state index contributed by atoms with van der Waals surface area (Å²) in [7, 11) is 3.39. The molecule has 5 heteroatoms. The van der Waals surface area contributed by atoms with Crippen LogP contribution in [-0.4, -0.2) is 52.0 Å². The lowest BCUT2D eigenvalue weighted by molar-refractivity contribution is -0.848. The fourth-order valence-electron chi connectivity index (χ4n) is 2.82. The Labute approximate surface area is 103 Å². The van der Waals surface area contributed by atoms with Gasteiger partial charge >= 0.3 is 6.09 Å². The quantitative estimate of drug-likeness (QED) is 0.719. The second-order valence-corrected chi connectivity index (χ2v) is 6.80. The summed E-state index contributed by atoms with van der Waals surface area (Å²) in [5.74, 6) is 0. The lowest BCUT2D eigenvalue weighted by atomic mass is 9.78. The molecule has 0 aromatic heterocycles. The lowest BCUT2D eigenvalue weighted by Gasteiger charge is -2.51. The van der Waals surface area contributed by atoms with Gasteiger partial charge in [-0.2, -0.15) is 4.79 Å². The highest BCUT2D eigenvalue weighted by Gasteiger charge is 2.52. The van der Waals surface area contributed by atoms with Crippen LogP contribution in [0.1, 0.15) is 40.5 Å². The molecule has 17 heavy (non-hydrogen) atoms. The minimum Gasteiger partial charge on any atom is -0.435 e. The highest BCUT2D eigenvalue weighted by atomic mass is 16.5. The topological polar surface area (TPSA) is 60.4 Å². The van der Waals surface area contributed by atoms with Gasteiger partial charge in [0.1, 0.15) is 6.04 Å². The summed E-state index contributed by atoms with van der Waals surface area (Å²) in [6.07, 6.45) is 0.347. The molecule has 1 rings (SSSR count). The Bertz CT molecular complexity index is 306. The highest BCUT2D eigenvalue weighted by Crippen LogP contribution is 2.40. The van der Waals surface area contributed by atoms with Crippen LogP contribution < -0.4 is 0 Å². The van der Waals surface area contributed by atoms with Crippen LogP contribution in [0.25, 0.3) is 0 Å². The van der Waals surface area contributed by atoms with Crippen molar-refractivity contribution in [2.45, 2.75) is 57.7 Å². The van der Waals surface area contributed by atoms with Crippen LogP contribution in [0.4, 0.5) is 4.79 Å². The van der Waals surface area contributed by atoms with E-state index in [1.54, 1.807) is 14.1 Å². The first-order chi connectivity index (χ1) is 7.41. The molecule has 0 aliphatic carbocycles. The Morgan fingerprint density at radius 1 is 1.18 bits per heavy atom. The van der Waals surface area contributed by atoms with Crippen molar-refractivity contribution in [3.05, 3.63) is 0 Å². The molecule has 0 bridgehead atoms. The summed E-state index contributed by atoms with van der Waals surface area (Å²) in [6.45, 7) is 7.54. The van der Waals surface area contributed by atoms with E-state index in [0.717, 1.165) is 5.06 Å². The number of rotatable bonds is 1. The maximum Gasteiger partial charge on any atom is 0.513 e. The number of piperidine rings is 1. The van der Waals surface area contributed by atoms with Gasteiger partial charge in [-0.25, -0.2) is 4.48 Å². The molecule has 1 radical (unpaired) electrons. The standard InChI is InChI=1S/C12H23N2O3/c1-11(2)7-9(14(5,6)10(15)16)8-12(3,4)13(11)17/h9H,7-8H2,1-6H3/p+1. The number of hydrogen-bond donors (Lipinski definition) is 1. The summed E-state index contributed by atoms with van der Waals surface area (Å²) < 4.78 is -0.0826. The molecule has 1 fully saturated rings. The summed E-state index contributed by atoms with van der Waals surface area (Å²) in [4.78, 5) is 11.3. The highest BCUT2D eigenvalue weighted by molar-refractivity contribution is 5.56. The Hall–Kier alpha value is -0.650. The molecule has 1 aliphatic rings. The predicted molar refractivity (Wildman–Crippen MR) is 63.8 cm³/mol. The van der Waals surface area contributed by atoms with Crippen molar-refractivity contribution in [2.75, 3.05) is 14.1 Å². The Kier molecular flexibility index (Phi) is 3.33. The van der Waals surface area contributed by atoms with E-state index in [1.807, 2.05) is 27.7 Å². The molecule has 0 unspecified atom stereocenters. The molecule has 0 spiro atoms. The Morgan fingerprint density at radius 3 is 1.82 bits per heavy atom. The molecule has 0 aromatic carbocycles. The van der Waals surface area contributed by atoms with Gasteiger partial charge in [-0.1, -0.05) is 0 Å². The monoisotopic (exact) mass is 244 g/mol. The zero-order valence-electron chi connectivity index (χ0n) is 11.6. The normalized spacial score (nSPS) is 25.8. The van der Waals surface area contributed by atoms with Crippen molar-refractivity contribution in [1.29, 1.82) is 0 Å². The zero-order chi connectivity index (χ0) is 13.6. The van der Waals surface area contributed by atoms with Crippen LogP contribution in [0.2, 0.25) is 0 Å². The molecule has 1 aliphatic heterocycles. The maximum atomic E-state index is 12.2. The van der Waals surface area contributed by atoms with Crippen LogP contribution >= 0.6 is 0 Å². The van der Waals surface area contributed by atoms with Gasteiger partial charge in [-0.05, 0) is 27.7 Å². The average molecular weight is 244 g/mol. The van der Waals surface area contributed by atoms with Gasteiger partial charge in [0.25, 0.3) is 0 Å². The van der Waals surface area contributed by atoms with Gasteiger partial charge in [-0.3, -0.25) is 0 Å². The number of hydroxylamine groups is 2. The minimum atomic E-state index is -0.846. The van der Waals surface area contributed by atoms with E-state index in [-0.39, 0.29) is 10.5 Å². The van der Waals surface area contributed by atoms with E-state index < -0.39 is 17.2 Å². The van der Waals surface area contributed by atoms with Gasteiger partial charge in [0.15, 0.2) is 0 Å². The van der Waals surface area contributed by atoms with Crippen molar-refractivity contribution in [3.8, 4) is 0 Å². The molecule has 5 nitrogen and oxygen atoms in total. The van der Waals surface area contributed by atoms with Crippen molar-refractivity contribution in [2.24, 2.45) is 0 Å². The molecule has 0 saturated carbocycles. The van der Waals surface area contributed by atoms with Crippen molar-refractivity contribution in [3.63, 3.8) is 0 Å². The number of quaternary nitrogens is 1. The van der Waals surface area contributed by atoms with Gasteiger partial charge in [0.05, 0.1) is 14.1 Å². The van der Waals surface area contributed by atoms with Crippen LogP contribution in [0.15, 0.2) is 0 Å². The van der Waals surface area contributed by atoms with Gasteiger partial charge < -0.3 is 5.11 Å². The van der Waals surface area contributed by atoms with Crippen LogP contribution in [0.3, 0.4) is 0 Å². The van der Waals surface area contributed by atoms with Crippen molar-refractivity contribution < 1.29 is 19.6 Å². The summed E-state index contributed by atoms with van der Waals surface area (Å²) in [5.41, 5.74) is -1.03. The van der Waals surface area contributed by atoms with Crippen LogP contribution in [-0.2, 0) is 5.21 Å². The van der Waals surface area contributed by atoms with Crippen LogP contribution in [0.5, 0.6) is 0 Å². The van der Waals surface area contributed by atoms with E-state index in [9.17, 15) is 15.1 Å². The molecular weight excluding hydrogens is 220 g/mol.